The standard InChI is InChI=1S/C18H29NO/c1-3-12-19-18(16-11-8-13-20-14-16)17(4-2)15-9-6-5-7-10-15/h5-7,9-10,16-19H,3-4,8,11-14H2,1-2H3. The highest BCUT2D eigenvalue weighted by molar-refractivity contribution is 5.21. The van der Waals surface area contributed by atoms with Crippen LogP contribution in [-0.2, 0) is 4.74 Å². The van der Waals surface area contributed by atoms with Gasteiger partial charge < -0.3 is 10.1 Å². The van der Waals surface area contributed by atoms with E-state index in [2.05, 4.69) is 49.5 Å². The molecule has 1 fully saturated rings. The lowest BCUT2D eigenvalue weighted by molar-refractivity contribution is 0.0344. The van der Waals surface area contributed by atoms with Crippen LogP contribution in [0.2, 0.25) is 0 Å². The fourth-order valence-electron chi connectivity index (χ4n) is 3.39. The van der Waals surface area contributed by atoms with Crippen molar-refractivity contribution in [3.05, 3.63) is 35.9 Å². The van der Waals surface area contributed by atoms with Gasteiger partial charge in [0.2, 0.25) is 0 Å². The fourth-order valence-corrected chi connectivity index (χ4v) is 3.39. The van der Waals surface area contributed by atoms with E-state index in [9.17, 15) is 0 Å². The van der Waals surface area contributed by atoms with Crippen molar-refractivity contribution in [3.63, 3.8) is 0 Å². The molecule has 1 aromatic rings. The summed E-state index contributed by atoms with van der Waals surface area (Å²) in [5.74, 6) is 1.25. The molecule has 1 N–H and O–H groups in total. The van der Waals surface area contributed by atoms with E-state index < -0.39 is 0 Å². The monoisotopic (exact) mass is 275 g/mol. The van der Waals surface area contributed by atoms with E-state index >= 15 is 0 Å². The molecule has 0 spiro atoms. The molecule has 0 amide bonds. The van der Waals surface area contributed by atoms with Gasteiger partial charge in [0, 0.05) is 12.6 Å². The summed E-state index contributed by atoms with van der Waals surface area (Å²) in [5.41, 5.74) is 1.47. The predicted octanol–water partition coefficient (Wildman–Crippen LogP) is 3.98. The van der Waals surface area contributed by atoms with Crippen LogP contribution >= 0.6 is 0 Å². The van der Waals surface area contributed by atoms with Crippen LogP contribution in [0.3, 0.4) is 0 Å². The summed E-state index contributed by atoms with van der Waals surface area (Å²) in [6.45, 7) is 7.52. The van der Waals surface area contributed by atoms with Gasteiger partial charge in [-0.05, 0) is 49.6 Å². The van der Waals surface area contributed by atoms with E-state index in [0.29, 0.717) is 17.9 Å². The zero-order chi connectivity index (χ0) is 14.2. The van der Waals surface area contributed by atoms with E-state index in [4.69, 9.17) is 4.74 Å². The molecule has 0 radical (unpaired) electrons. The van der Waals surface area contributed by atoms with Crippen LogP contribution in [-0.4, -0.2) is 25.8 Å². The highest BCUT2D eigenvalue weighted by Gasteiger charge is 2.30. The minimum Gasteiger partial charge on any atom is -0.381 e. The fraction of sp³-hybridized carbons (Fsp3) is 0.667. The largest absolute Gasteiger partial charge is 0.381 e. The van der Waals surface area contributed by atoms with Gasteiger partial charge in [-0.15, -0.1) is 0 Å². The SMILES string of the molecule is CCCNC(C1CCCOC1)C(CC)c1ccccc1. The summed E-state index contributed by atoms with van der Waals surface area (Å²) >= 11 is 0. The first-order valence-electron chi connectivity index (χ1n) is 8.22. The second kappa shape index (κ2) is 8.43. The molecule has 3 atom stereocenters. The molecule has 1 aliphatic heterocycles. The normalized spacial score (nSPS) is 22.4. The Morgan fingerprint density at radius 2 is 2.05 bits per heavy atom. The van der Waals surface area contributed by atoms with Gasteiger partial charge in [0.05, 0.1) is 6.61 Å². The van der Waals surface area contributed by atoms with Crippen molar-refractivity contribution in [2.24, 2.45) is 5.92 Å². The molecule has 0 aliphatic carbocycles. The second-order valence-electron chi connectivity index (χ2n) is 5.88. The Labute approximate surface area is 123 Å². The van der Waals surface area contributed by atoms with Crippen LogP contribution in [0.5, 0.6) is 0 Å². The van der Waals surface area contributed by atoms with Crippen molar-refractivity contribution >= 4 is 0 Å². The van der Waals surface area contributed by atoms with E-state index in [1.165, 1.54) is 31.2 Å². The van der Waals surface area contributed by atoms with Crippen molar-refractivity contribution in [1.29, 1.82) is 0 Å². The molecule has 0 aromatic heterocycles. The van der Waals surface area contributed by atoms with Crippen molar-refractivity contribution in [1.82, 2.24) is 5.32 Å². The third-order valence-electron chi connectivity index (χ3n) is 4.43. The molecule has 1 aliphatic rings. The number of nitrogens with one attached hydrogen (secondary N) is 1. The van der Waals surface area contributed by atoms with Gasteiger partial charge >= 0.3 is 0 Å². The predicted molar refractivity (Wildman–Crippen MR) is 85.1 cm³/mol. The first-order chi connectivity index (χ1) is 9.86. The Morgan fingerprint density at radius 1 is 1.25 bits per heavy atom. The van der Waals surface area contributed by atoms with Crippen LogP contribution in [0.15, 0.2) is 30.3 Å². The molecule has 1 saturated heterocycles. The first kappa shape index (κ1) is 15.5. The molecular formula is C18H29NO. The summed E-state index contributed by atoms with van der Waals surface area (Å²) in [6, 6.07) is 11.5. The lowest BCUT2D eigenvalue weighted by atomic mass is 9.79. The lowest BCUT2D eigenvalue weighted by Gasteiger charge is -2.36. The number of benzene rings is 1. The van der Waals surface area contributed by atoms with Crippen molar-refractivity contribution in [2.75, 3.05) is 19.8 Å². The van der Waals surface area contributed by atoms with Crippen LogP contribution in [0.4, 0.5) is 0 Å². The van der Waals surface area contributed by atoms with E-state index in [0.717, 1.165) is 19.8 Å². The minimum atomic E-state index is 0.544. The molecule has 1 heterocycles. The molecule has 2 rings (SSSR count). The number of hydrogen-bond acceptors (Lipinski definition) is 2. The molecule has 0 saturated carbocycles. The van der Waals surface area contributed by atoms with E-state index in [1.54, 1.807) is 0 Å². The van der Waals surface area contributed by atoms with Crippen molar-refractivity contribution in [3.8, 4) is 0 Å². The molecule has 3 unspecified atom stereocenters. The number of hydrogen-bond donors (Lipinski definition) is 1. The van der Waals surface area contributed by atoms with Crippen LogP contribution < -0.4 is 5.32 Å². The summed E-state index contributed by atoms with van der Waals surface area (Å²) in [4.78, 5) is 0. The molecular weight excluding hydrogens is 246 g/mol. The van der Waals surface area contributed by atoms with Crippen LogP contribution in [0, 0.1) is 5.92 Å². The second-order valence-corrected chi connectivity index (χ2v) is 5.88. The minimum absolute atomic E-state index is 0.544. The average molecular weight is 275 g/mol. The summed E-state index contributed by atoms with van der Waals surface area (Å²) in [6.07, 6.45) is 4.88. The Kier molecular flexibility index (Phi) is 6.55. The number of ether oxygens (including phenoxy) is 1. The number of rotatable bonds is 7. The van der Waals surface area contributed by atoms with Gasteiger partial charge in [-0.25, -0.2) is 0 Å². The maximum Gasteiger partial charge on any atom is 0.0509 e. The molecule has 1 aromatic carbocycles. The Morgan fingerprint density at radius 3 is 2.65 bits per heavy atom. The third-order valence-corrected chi connectivity index (χ3v) is 4.43. The van der Waals surface area contributed by atoms with Gasteiger partial charge in [0.25, 0.3) is 0 Å². The van der Waals surface area contributed by atoms with E-state index in [1.807, 2.05) is 0 Å². The zero-order valence-corrected chi connectivity index (χ0v) is 13.0. The molecule has 2 nitrogen and oxygen atoms in total. The maximum absolute atomic E-state index is 5.73. The molecule has 20 heavy (non-hydrogen) atoms. The zero-order valence-electron chi connectivity index (χ0n) is 13.0. The Balaban J connectivity index is 2.14. The van der Waals surface area contributed by atoms with E-state index in [-0.39, 0.29) is 0 Å². The maximum atomic E-state index is 5.73. The van der Waals surface area contributed by atoms with Crippen LogP contribution in [0.25, 0.3) is 0 Å². The van der Waals surface area contributed by atoms with Crippen molar-refractivity contribution < 1.29 is 4.74 Å². The van der Waals surface area contributed by atoms with Gasteiger partial charge in [-0.3, -0.25) is 0 Å². The molecule has 112 valence electrons. The lowest BCUT2D eigenvalue weighted by Crippen LogP contribution is -2.44. The highest BCUT2D eigenvalue weighted by Crippen LogP contribution is 2.31. The van der Waals surface area contributed by atoms with Crippen molar-refractivity contribution in [2.45, 2.75) is 51.5 Å². The quantitative estimate of drug-likeness (QED) is 0.813. The Hall–Kier alpha value is -0.860. The van der Waals surface area contributed by atoms with Gasteiger partial charge in [-0.2, -0.15) is 0 Å². The topological polar surface area (TPSA) is 21.3 Å². The first-order valence-corrected chi connectivity index (χ1v) is 8.22. The van der Waals surface area contributed by atoms with Gasteiger partial charge in [-0.1, -0.05) is 44.2 Å². The Bertz CT molecular complexity index is 359. The summed E-state index contributed by atoms with van der Waals surface area (Å²) < 4.78 is 5.73. The van der Waals surface area contributed by atoms with Crippen LogP contribution in [0.1, 0.15) is 51.0 Å². The summed E-state index contributed by atoms with van der Waals surface area (Å²) in [5, 5.41) is 3.81. The van der Waals surface area contributed by atoms with Gasteiger partial charge in [0.15, 0.2) is 0 Å². The molecule has 0 bridgehead atoms. The third kappa shape index (κ3) is 4.07. The smallest absolute Gasteiger partial charge is 0.0509 e. The molecule has 2 heteroatoms. The van der Waals surface area contributed by atoms with Gasteiger partial charge in [0.1, 0.15) is 0 Å². The highest BCUT2D eigenvalue weighted by atomic mass is 16.5. The average Bonchev–Trinajstić information content (AvgIpc) is 2.53. The summed E-state index contributed by atoms with van der Waals surface area (Å²) in [7, 11) is 0.